The average molecular weight is 399 g/mol. The molecule has 0 heterocycles. The monoisotopic (exact) mass is 397 g/mol. The minimum atomic E-state index is -3.88. The second kappa shape index (κ2) is 8.12. The van der Waals surface area contributed by atoms with Crippen LogP contribution in [0.15, 0.2) is 21.5 Å². The average Bonchev–Trinajstić information content (AvgIpc) is 2.40. The number of halogens is 2. The Labute approximate surface area is 137 Å². The van der Waals surface area contributed by atoms with Gasteiger partial charge >= 0.3 is 0 Å². The molecular formula is C13H17BrClNO4S. The van der Waals surface area contributed by atoms with Crippen LogP contribution in [0, 0.1) is 6.92 Å². The maximum atomic E-state index is 12.1. The van der Waals surface area contributed by atoms with Gasteiger partial charge in [-0.3, -0.25) is 4.79 Å². The van der Waals surface area contributed by atoms with Crippen molar-refractivity contribution in [1.29, 1.82) is 0 Å². The van der Waals surface area contributed by atoms with E-state index in [9.17, 15) is 13.2 Å². The van der Waals surface area contributed by atoms with Crippen molar-refractivity contribution < 1.29 is 17.9 Å². The molecule has 0 unspecified atom stereocenters. The maximum absolute atomic E-state index is 12.1. The van der Waals surface area contributed by atoms with Gasteiger partial charge in [-0.15, -0.1) is 0 Å². The molecule has 0 aliphatic rings. The van der Waals surface area contributed by atoms with E-state index in [0.717, 1.165) is 12.8 Å². The van der Waals surface area contributed by atoms with Crippen LogP contribution in [0.4, 0.5) is 0 Å². The van der Waals surface area contributed by atoms with E-state index >= 15 is 0 Å². The SMILES string of the molecule is COCCCCNC(=O)c1cc(S(=O)(=O)Cl)cc(Br)c1C. The molecule has 21 heavy (non-hydrogen) atoms. The lowest BCUT2D eigenvalue weighted by atomic mass is 10.1. The van der Waals surface area contributed by atoms with Crippen molar-refractivity contribution in [2.75, 3.05) is 20.3 Å². The summed E-state index contributed by atoms with van der Waals surface area (Å²) < 4.78 is 28.2. The molecule has 8 heteroatoms. The van der Waals surface area contributed by atoms with Gasteiger partial charge in [-0.25, -0.2) is 8.42 Å². The summed E-state index contributed by atoms with van der Waals surface area (Å²) in [5.41, 5.74) is 0.948. The lowest BCUT2D eigenvalue weighted by Gasteiger charge is -2.10. The number of hydrogen-bond donors (Lipinski definition) is 1. The Morgan fingerprint density at radius 3 is 2.62 bits per heavy atom. The molecule has 1 aromatic carbocycles. The lowest BCUT2D eigenvalue weighted by molar-refractivity contribution is 0.0950. The van der Waals surface area contributed by atoms with Gasteiger partial charge in [-0.2, -0.15) is 0 Å². The number of amides is 1. The Bertz CT molecular complexity index is 619. The molecule has 0 spiro atoms. The third-order valence-corrected chi connectivity index (χ3v) is 5.06. The predicted molar refractivity (Wildman–Crippen MR) is 85.4 cm³/mol. The minimum absolute atomic E-state index is 0.105. The lowest BCUT2D eigenvalue weighted by Crippen LogP contribution is -2.25. The molecule has 0 radical (unpaired) electrons. The van der Waals surface area contributed by atoms with Gasteiger partial charge in [0.25, 0.3) is 15.0 Å². The van der Waals surface area contributed by atoms with Crippen molar-refractivity contribution in [2.45, 2.75) is 24.7 Å². The summed E-state index contributed by atoms with van der Waals surface area (Å²) >= 11 is 3.24. The van der Waals surface area contributed by atoms with E-state index in [1.807, 2.05) is 0 Å². The molecule has 0 saturated carbocycles. The molecule has 0 aliphatic heterocycles. The van der Waals surface area contributed by atoms with E-state index in [0.29, 0.717) is 23.2 Å². The summed E-state index contributed by atoms with van der Waals surface area (Å²) in [7, 11) is 3.06. The zero-order valence-electron chi connectivity index (χ0n) is 11.8. The van der Waals surface area contributed by atoms with Gasteiger partial charge in [0.2, 0.25) is 0 Å². The molecule has 118 valence electrons. The first-order valence-electron chi connectivity index (χ1n) is 6.29. The van der Waals surface area contributed by atoms with Crippen LogP contribution in [-0.4, -0.2) is 34.6 Å². The first kappa shape index (κ1) is 18.4. The highest BCUT2D eigenvalue weighted by Gasteiger charge is 2.18. The number of ether oxygens (including phenoxy) is 1. The van der Waals surface area contributed by atoms with Crippen molar-refractivity contribution in [3.63, 3.8) is 0 Å². The Morgan fingerprint density at radius 2 is 2.05 bits per heavy atom. The van der Waals surface area contributed by atoms with Crippen molar-refractivity contribution in [1.82, 2.24) is 5.32 Å². The van der Waals surface area contributed by atoms with Crippen molar-refractivity contribution in [3.8, 4) is 0 Å². The van der Waals surface area contributed by atoms with Crippen molar-refractivity contribution >= 4 is 41.6 Å². The largest absolute Gasteiger partial charge is 0.385 e. The smallest absolute Gasteiger partial charge is 0.261 e. The number of unbranched alkanes of at least 4 members (excludes halogenated alkanes) is 1. The Hall–Kier alpha value is -0.630. The molecule has 0 aliphatic carbocycles. The van der Waals surface area contributed by atoms with Crippen LogP contribution in [0.3, 0.4) is 0 Å². The predicted octanol–water partition coefficient (Wildman–Crippen LogP) is 2.84. The normalized spacial score (nSPS) is 11.4. The van der Waals surface area contributed by atoms with Crippen molar-refractivity contribution in [3.05, 3.63) is 27.7 Å². The highest BCUT2D eigenvalue weighted by molar-refractivity contribution is 9.10. The summed E-state index contributed by atoms with van der Waals surface area (Å²) in [5, 5.41) is 2.75. The fourth-order valence-corrected chi connectivity index (χ4v) is 3.10. The van der Waals surface area contributed by atoms with Gasteiger partial charge in [0, 0.05) is 41.0 Å². The standard InChI is InChI=1S/C13H17BrClNO4S/c1-9-11(13(17)16-5-3-4-6-20-2)7-10(8-12(9)14)21(15,18)19/h7-8H,3-6H2,1-2H3,(H,16,17). The van der Waals surface area contributed by atoms with Crippen LogP contribution >= 0.6 is 26.6 Å². The van der Waals surface area contributed by atoms with E-state index in [2.05, 4.69) is 21.2 Å². The van der Waals surface area contributed by atoms with Crippen LogP contribution in [0.2, 0.25) is 0 Å². The number of methoxy groups -OCH3 is 1. The van der Waals surface area contributed by atoms with Gasteiger partial charge in [0.05, 0.1) is 4.90 Å². The molecule has 0 fully saturated rings. The first-order chi connectivity index (χ1) is 9.77. The van der Waals surface area contributed by atoms with Crippen LogP contribution in [0.25, 0.3) is 0 Å². The first-order valence-corrected chi connectivity index (χ1v) is 9.39. The van der Waals surface area contributed by atoms with E-state index in [1.165, 1.54) is 12.1 Å². The molecular weight excluding hydrogens is 382 g/mol. The van der Waals surface area contributed by atoms with E-state index in [1.54, 1.807) is 14.0 Å². The highest BCUT2D eigenvalue weighted by Crippen LogP contribution is 2.26. The molecule has 0 aromatic heterocycles. The van der Waals surface area contributed by atoms with Crippen molar-refractivity contribution in [2.24, 2.45) is 0 Å². The van der Waals surface area contributed by atoms with E-state index in [-0.39, 0.29) is 16.4 Å². The fraction of sp³-hybridized carbons (Fsp3) is 0.462. The van der Waals surface area contributed by atoms with E-state index in [4.69, 9.17) is 15.4 Å². The van der Waals surface area contributed by atoms with Gasteiger partial charge in [-0.05, 0) is 37.5 Å². The molecule has 5 nitrogen and oxygen atoms in total. The summed E-state index contributed by atoms with van der Waals surface area (Å²) in [6.45, 7) is 2.87. The van der Waals surface area contributed by atoms with Gasteiger partial charge < -0.3 is 10.1 Å². The second-order valence-electron chi connectivity index (χ2n) is 4.47. The van der Waals surface area contributed by atoms with E-state index < -0.39 is 9.05 Å². The number of rotatable bonds is 7. The summed E-state index contributed by atoms with van der Waals surface area (Å²) in [5.74, 6) is -0.326. The Balaban J connectivity index is 2.86. The van der Waals surface area contributed by atoms with Crippen LogP contribution in [-0.2, 0) is 13.8 Å². The second-order valence-corrected chi connectivity index (χ2v) is 7.89. The Morgan fingerprint density at radius 1 is 1.38 bits per heavy atom. The summed E-state index contributed by atoms with van der Waals surface area (Å²) in [6.07, 6.45) is 1.63. The third-order valence-electron chi connectivity index (χ3n) is 2.90. The number of carbonyl (C=O) groups excluding carboxylic acids is 1. The minimum Gasteiger partial charge on any atom is -0.385 e. The van der Waals surface area contributed by atoms with Crippen LogP contribution in [0.1, 0.15) is 28.8 Å². The summed E-state index contributed by atoms with van der Waals surface area (Å²) in [4.78, 5) is 12.0. The number of nitrogens with one attached hydrogen (secondary N) is 1. The van der Waals surface area contributed by atoms with Crippen LogP contribution in [0.5, 0.6) is 0 Å². The molecule has 0 saturated heterocycles. The molecule has 1 aromatic rings. The topological polar surface area (TPSA) is 72.5 Å². The number of carbonyl (C=O) groups is 1. The number of benzene rings is 1. The zero-order valence-corrected chi connectivity index (χ0v) is 14.9. The third kappa shape index (κ3) is 5.58. The molecule has 1 N–H and O–H groups in total. The highest BCUT2D eigenvalue weighted by atomic mass is 79.9. The fourth-order valence-electron chi connectivity index (χ4n) is 1.70. The zero-order chi connectivity index (χ0) is 16.0. The van der Waals surface area contributed by atoms with Crippen LogP contribution < -0.4 is 5.32 Å². The Kier molecular flexibility index (Phi) is 7.12. The van der Waals surface area contributed by atoms with Gasteiger partial charge in [-0.1, -0.05) is 15.9 Å². The molecule has 1 rings (SSSR count). The summed E-state index contributed by atoms with van der Waals surface area (Å²) in [6, 6.07) is 2.67. The molecule has 0 atom stereocenters. The maximum Gasteiger partial charge on any atom is 0.261 e. The van der Waals surface area contributed by atoms with Gasteiger partial charge in [0.1, 0.15) is 0 Å². The molecule has 0 bridgehead atoms. The quantitative estimate of drug-likeness (QED) is 0.566. The molecule has 1 amide bonds. The number of hydrogen-bond acceptors (Lipinski definition) is 4. The van der Waals surface area contributed by atoms with Gasteiger partial charge in [0.15, 0.2) is 0 Å².